The number of hydrogen-bond donors (Lipinski definition) is 4. The minimum absolute atomic E-state index is 0.0548. The van der Waals surface area contributed by atoms with Crippen LogP contribution in [0.3, 0.4) is 0 Å². The summed E-state index contributed by atoms with van der Waals surface area (Å²) in [5.74, 6) is -1.22. The van der Waals surface area contributed by atoms with Gasteiger partial charge in [0.15, 0.2) is 0 Å². The molecule has 1 aliphatic carbocycles. The van der Waals surface area contributed by atoms with E-state index in [2.05, 4.69) is 31.0 Å². The van der Waals surface area contributed by atoms with Crippen LogP contribution in [-0.2, 0) is 26.0 Å². The van der Waals surface area contributed by atoms with Crippen LogP contribution in [0.15, 0.2) is 61.1 Å². The molecule has 4 aromatic rings. The Morgan fingerprint density at radius 3 is 2.36 bits per heavy atom. The van der Waals surface area contributed by atoms with Crippen LogP contribution < -0.4 is 16.0 Å². The number of halogens is 3. The molecule has 4 N–H and O–H groups in total. The maximum Gasteiger partial charge on any atom is 0.421 e. The third kappa shape index (κ3) is 8.17. The topological polar surface area (TPSA) is 153 Å². The van der Waals surface area contributed by atoms with Gasteiger partial charge in [-0.25, -0.2) is 4.98 Å². The predicted molar refractivity (Wildman–Crippen MR) is 170 cm³/mol. The quantitative estimate of drug-likeness (QED) is 0.113. The molecular formula is C31H35F3N7O5P. The molecule has 5 rings (SSSR count). The van der Waals surface area contributed by atoms with Gasteiger partial charge in [-0.1, -0.05) is 18.2 Å². The monoisotopic (exact) mass is 673 g/mol. The van der Waals surface area contributed by atoms with Crippen molar-refractivity contribution in [3.05, 3.63) is 77.7 Å². The summed E-state index contributed by atoms with van der Waals surface area (Å²) >= 11 is 0. The number of aliphatic hydroxyl groups excluding tert-OH is 1. The van der Waals surface area contributed by atoms with E-state index in [4.69, 9.17) is 9.05 Å². The number of carbonyl (C=O) groups is 1. The molecule has 0 aliphatic heterocycles. The number of amides is 1. The van der Waals surface area contributed by atoms with Crippen LogP contribution in [0.2, 0.25) is 0 Å². The molecular weight excluding hydrogens is 638 g/mol. The van der Waals surface area contributed by atoms with Gasteiger partial charge >= 0.3 is 13.8 Å². The summed E-state index contributed by atoms with van der Waals surface area (Å²) < 4.78 is 67.5. The number of rotatable bonds is 13. The Hall–Kier alpha value is -4.30. The molecule has 2 aromatic heterocycles. The molecule has 2 heterocycles. The van der Waals surface area contributed by atoms with Crippen molar-refractivity contribution in [2.24, 2.45) is 0 Å². The molecule has 0 atom stereocenters. The van der Waals surface area contributed by atoms with Crippen molar-refractivity contribution < 1.29 is 36.7 Å². The Morgan fingerprint density at radius 1 is 1.04 bits per heavy atom. The summed E-state index contributed by atoms with van der Waals surface area (Å²) in [5, 5.41) is 22.1. The van der Waals surface area contributed by atoms with Gasteiger partial charge in [0.1, 0.15) is 11.4 Å². The van der Waals surface area contributed by atoms with Crippen molar-refractivity contribution in [2.45, 2.75) is 51.2 Å². The van der Waals surface area contributed by atoms with Gasteiger partial charge in [-0.05, 0) is 62.1 Å². The molecule has 0 radical (unpaired) electrons. The first-order valence-electron chi connectivity index (χ1n) is 15.0. The normalized spacial score (nSPS) is 16.4. The van der Waals surface area contributed by atoms with Crippen molar-refractivity contribution in [3.63, 3.8) is 0 Å². The number of nitrogens with one attached hydrogen (secondary N) is 3. The molecule has 1 amide bonds. The van der Waals surface area contributed by atoms with Crippen LogP contribution in [0, 0.1) is 0 Å². The van der Waals surface area contributed by atoms with Crippen LogP contribution in [0.25, 0.3) is 11.1 Å². The molecule has 0 bridgehead atoms. The second-order valence-corrected chi connectivity index (χ2v) is 12.9. The molecule has 0 saturated heterocycles. The van der Waals surface area contributed by atoms with Crippen LogP contribution in [0.4, 0.5) is 36.3 Å². The lowest BCUT2D eigenvalue weighted by Gasteiger charge is -2.31. The molecule has 2 aromatic carbocycles. The third-order valence-electron chi connectivity index (χ3n) is 7.47. The Kier molecular flexibility index (Phi) is 10.3. The van der Waals surface area contributed by atoms with Gasteiger partial charge < -0.3 is 30.1 Å². The first-order chi connectivity index (χ1) is 22.4. The highest BCUT2D eigenvalue weighted by Crippen LogP contribution is 2.51. The SMILES string of the molecule is CCOP(=O)(Cc1ccc(Nc2ncc(C(F)(F)F)c(Nc3ccc(-c4cnn(C5CC(O)C5)c4)cc3C(=O)NC)n2)cc1)OCC. The van der Waals surface area contributed by atoms with Crippen LogP contribution >= 0.6 is 7.60 Å². The molecule has 47 heavy (non-hydrogen) atoms. The highest BCUT2D eigenvalue weighted by atomic mass is 31.2. The van der Waals surface area contributed by atoms with Gasteiger partial charge in [-0.3, -0.25) is 14.0 Å². The van der Waals surface area contributed by atoms with Gasteiger partial charge in [0.05, 0.1) is 49.0 Å². The van der Waals surface area contributed by atoms with Gasteiger partial charge in [0.2, 0.25) is 5.95 Å². The average molecular weight is 674 g/mol. The van der Waals surface area contributed by atoms with Crippen molar-refractivity contribution >= 4 is 36.6 Å². The van der Waals surface area contributed by atoms with E-state index in [-0.39, 0.29) is 48.7 Å². The predicted octanol–water partition coefficient (Wildman–Crippen LogP) is 6.67. The number of anilines is 4. The Balaban J connectivity index is 1.40. The van der Waals surface area contributed by atoms with E-state index in [0.29, 0.717) is 41.4 Å². The fourth-order valence-corrected chi connectivity index (χ4v) is 6.76. The smallest absolute Gasteiger partial charge is 0.393 e. The molecule has 1 aliphatic rings. The van der Waals surface area contributed by atoms with E-state index in [1.807, 2.05) is 0 Å². The molecule has 250 valence electrons. The molecule has 0 spiro atoms. The number of nitrogens with zero attached hydrogens (tertiary/aromatic N) is 4. The lowest BCUT2D eigenvalue weighted by molar-refractivity contribution is -0.137. The summed E-state index contributed by atoms with van der Waals surface area (Å²) in [6.07, 6.45) is 0.203. The zero-order valence-electron chi connectivity index (χ0n) is 25.9. The van der Waals surface area contributed by atoms with E-state index in [9.17, 15) is 27.6 Å². The molecule has 12 nitrogen and oxygen atoms in total. The van der Waals surface area contributed by atoms with E-state index >= 15 is 0 Å². The summed E-state index contributed by atoms with van der Waals surface area (Å²) in [6, 6.07) is 11.5. The fraction of sp³-hybridized carbons (Fsp3) is 0.355. The summed E-state index contributed by atoms with van der Waals surface area (Å²) in [4.78, 5) is 20.9. The number of hydrogen-bond acceptors (Lipinski definition) is 10. The summed E-state index contributed by atoms with van der Waals surface area (Å²) in [7, 11) is -1.90. The Morgan fingerprint density at radius 2 is 1.74 bits per heavy atom. The fourth-order valence-electron chi connectivity index (χ4n) is 5.06. The maximum absolute atomic E-state index is 14.0. The van der Waals surface area contributed by atoms with Crippen molar-refractivity contribution in [3.8, 4) is 11.1 Å². The Bertz CT molecular complexity index is 1750. The number of alkyl halides is 3. The largest absolute Gasteiger partial charge is 0.421 e. The van der Waals surface area contributed by atoms with Crippen LogP contribution in [0.5, 0.6) is 0 Å². The lowest BCUT2D eigenvalue weighted by Crippen LogP contribution is -2.30. The van der Waals surface area contributed by atoms with E-state index in [1.54, 1.807) is 67.3 Å². The van der Waals surface area contributed by atoms with Gasteiger partial charge in [0.25, 0.3) is 5.91 Å². The number of carbonyl (C=O) groups excluding carboxylic acids is 1. The first kappa shape index (κ1) is 34.0. The molecule has 1 saturated carbocycles. The summed E-state index contributed by atoms with van der Waals surface area (Å²) in [6.45, 7) is 3.90. The first-order valence-corrected chi connectivity index (χ1v) is 16.7. The average Bonchev–Trinajstić information content (AvgIpc) is 3.50. The second-order valence-electron chi connectivity index (χ2n) is 10.8. The number of aliphatic hydroxyl groups is 1. The van der Waals surface area contributed by atoms with Gasteiger partial charge in [0, 0.05) is 30.7 Å². The second kappa shape index (κ2) is 14.2. The van der Waals surface area contributed by atoms with Crippen LogP contribution in [0.1, 0.15) is 54.2 Å². The lowest BCUT2D eigenvalue weighted by atomic mass is 9.90. The van der Waals surface area contributed by atoms with E-state index < -0.39 is 31.1 Å². The molecule has 1 fully saturated rings. The number of benzene rings is 2. The minimum Gasteiger partial charge on any atom is -0.393 e. The summed E-state index contributed by atoms with van der Waals surface area (Å²) in [5.41, 5.74) is 1.53. The standard InChI is InChI=1S/C31H35F3N7O5P/c1-4-45-47(44,46-5-2)18-19-6-9-22(10-7-19)38-30-36-16-26(31(32,33)34)28(40-30)39-27-11-8-20(12-25(27)29(43)35-3)21-15-37-41(17-21)23-13-24(42)14-23/h6-12,15-17,23-24,42H,4-5,13-14,18H2,1-3H3,(H,35,43)(H2,36,38,39,40). The van der Waals surface area contributed by atoms with E-state index in [1.165, 1.54) is 13.1 Å². The highest BCUT2D eigenvalue weighted by Gasteiger charge is 2.36. The van der Waals surface area contributed by atoms with Gasteiger partial charge in [-0.2, -0.15) is 23.3 Å². The number of aromatic nitrogens is 4. The van der Waals surface area contributed by atoms with E-state index in [0.717, 1.165) is 0 Å². The third-order valence-corrected chi connectivity index (χ3v) is 9.53. The maximum atomic E-state index is 14.0. The van der Waals surface area contributed by atoms with Crippen molar-refractivity contribution in [2.75, 3.05) is 30.9 Å². The minimum atomic E-state index is -4.80. The van der Waals surface area contributed by atoms with Gasteiger partial charge in [-0.15, -0.1) is 0 Å². The zero-order valence-corrected chi connectivity index (χ0v) is 26.8. The zero-order chi connectivity index (χ0) is 33.8. The Labute approximate surface area is 269 Å². The molecule has 16 heteroatoms. The highest BCUT2D eigenvalue weighted by molar-refractivity contribution is 7.53. The van der Waals surface area contributed by atoms with Crippen molar-refractivity contribution in [1.82, 2.24) is 25.1 Å². The van der Waals surface area contributed by atoms with Crippen molar-refractivity contribution in [1.29, 1.82) is 0 Å². The molecule has 0 unspecified atom stereocenters. The van der Waals surface area contributed by atoms with Crippen LogP contribution in [-0.4, -0.2) is 57.1 Å².